The van der Waals surface area contributed by atoms with Gasteiger partial charge < -0.3 is 14.2 Å². The average Bonchev–Trinajstić information content (AvgIpc) is 3.38. The molecule has 2 heterocycles. The molecule has 198 valence electrons. The molecule has 1 fully saturated rings. The van der Waals surface area contributed by atoms with Gasteiger partial charge in [0.15, 0.2) is 17.3 Å². The van der Waals surface area contributed by atoms with Gasteiger partial charge in [0, 0.05) is 0 Å². The number of rotatable bonds is 9. The highest BCUT2D eigenvalue weighted by molar-refractivity contribution is 8.26. The lowest BCUT2D eigenvalue weighted by Gasteiger charge is -2.22. The minimum Gasteiger partial charge on any atom is -0.493 e. The van der Waals surface area contributed by atoms with Gasteiger partial charge in [-0.1, -0.05) is 44.4 Å². The number of methoxy groups -OCH3 is 1. The normalized spacial score (nSPS) is 18.8. The lowest BCUT2D eigenvalue weighted by molar-refractivity contribution is -0.114. The predicted octanol–water partition coefficient (Wildman–Crippen LogP) is 6.23. The summed E-state index contributed by atoms with van der Waals surface area (Å²) >= 11 is 1.32. The summed E-state index contributed by atoms with van der Waals surface area (Å²) in [6.07, 6.45) is 8.92. The number of amidine groups is 2. The summed E-state index contributed by atoms with van der Waals surface area (Å²) in [5.74, 6) is 2.17. The summed E-state index contributed by atoms with van der Waals surface area (Å²) in [6.45, 7) is 2.73. The molecule has 5 rings (SSSR count). The van der Waals surface area contributed by atoms with E-state index in [1.807, 2.05) is 25.1 Å². The van der Waals surface area contributed by atoms with Crippen molar-refractivity contribution < 1.29 is 19.0 Å². The van der Waals surface area contributed by atoms with Crippen molar-refractivity contribution in [3.63, 3.8) is 0 Å². The first-order chi connectivity index (χ1) is 18.6. The van der Waals surface area contributed by atoms with Gasteiger partial charge in [0.1, 0.15) is 24.0 Å². The second-order valence-corrected chi connectivity index (χ2v) is 10.4. The molecule has 1 amide bonds. The number of hydrogen-bond donors (Lipinski definition) is 1. The van der Waals surface area contributed by atoms with Gasteiger partial charge in [-0.25, -0.2) is 0 Å². The maximum atomic E-state index is 12.6. The summed E-state index contributed by atoms with van der Waals surface area (Å²) in [5.41, 5.74) is 2.28. The van der Waals surface area contributed by atoms with Crippen molar-refractivity contribution in [3.8, 4) is 17.2 Å². The molecule has 0 atom stereocenters. The lowest BCUT2D eigenvalue weighted by atomic mass is 9.84. The molecule has 0 spiro atoms. The highest BCUT2D eigenvalue weighted by atomic mass is 32.2. The number of fused-ring (bicyclic) bond motifs is 1. The molecule has 2 aliphatic heterocycles. The molecule has 0 radical (unpaired) electrons. The molecule has 1 saturated carbocycles. The van der Waals surface area contributed by atoms with Crippen molar-refractivity contribution in [2.75, 3.05) is 20.3 Å². The maximum absolute atomic E-state index is 12.6. The van der Waals surface area contributed by atoms with Crippen LogP contribution < -0.4 is 14.2 Å². The lowest BCUT2D eigenvalue weighted by Crippen LogP contribution is -2.35. The van der Waals surface area contributed by atoms with E-state index in [0.717, 1.165) is 17.2 Å². The molecule has 0 saturated heterocycles. The van der Waals surface area contributed by atoms with Crippen LogP contribution in [0.25, 0.3) is 6.08 Å². The summed E-state index contributed by atoms with van der Waals surface area (Å²) < 4.78 is 17.3. The average molecular weight is 533 g/mol. The number of nitrogens with zero attached hydrogens (tertiary/aromatic N) is 3. The Bertz CT molecular complexity index is 1300. The van der Waals surface area contributed by atoms with Crippen LogP contribution in [-0.2, 0) is 4.79 Å². The van der Waals surface area contributed by atoms with Gasteiger partial charge in [0.05, 0.1) is 12.7 Å². The van der Waals surface area contributed by atoms with Crippen LogP contribution in [0.1, 0.15) is 62.5 Å². The molecule has 2 aromatic carbocycles. The number of nitrogens with one attached hydrogen (secondary N) is 1. The Balaban J connectivity index is 1.18. The second kappa shape index (κ2) is 11.9. The third kappa shape index (κ3) is 5.78. The fraction of sp³-hybridized carbons (Fsp3) is 0.379. The summed E-state index contributed by atoms with van der Waals surface area (Å²) in [6, 6.07) is 13.8. The molecule has 8 nitrogen and oxygen atoms in total. The van der Waals surface area contributed by atoms with Crippen LogP contribution in [-0.4, -0.2) is 47.3 Å². The zero-order valence-corrected chi connectivity index (χ0v) is 22.6. The summed E-state index contributed by atoms with van der Waals surface area (Å²) in [7, 11) is 1.57. The minimum atomic E-state index is -0.454. The number of thioether (sulfide) groups is 1. The number of carbonyl (C=O) groups is 1. The third-order valence-electron chi connectivity index (χ3n) is 6.86. The molecule has 38 heavy (non-hydrogen) atoms. The van der Waals surface area contributed by atoms with Crippen LogP contribution in [0.5, 0.6) is 17.2 Å². The molecule has 1 N–H and O–H groups in total. The van der Waals surface area contributed by atoms with E-state index in [4.69, 9.17) is 19.6 Å². The number of aliphatic imine (C=N–C) groups is 1. The number of benzene rings is 2. The highest BCUT2D eigenvalue weighted by Crippen LogP contribution is 2.34. The molecule has 2 aromatic rings. The van der Waals surface area contributed by atoms with Crippen LogP contribution >= 0.6 is 11.8 Å². The van der Waals surface area contributed by atoms with Gasteiger partial charge >= 0.3 is 0 Å². The second-order valence-electron chi connectivity index (χ2n) is 9.38. The molecule has 0 aromatic heterocycles. The Morgan fingerprint density at radius 2 is 1.82 bits per heavy atom. The Morgan fingerprint density at radius 3 is 2.55 bits per heavy atom. The molecular weight excluding hydrogens is 500 g/mol. The number of hydrogen-bond acceptors (Lipinski definition) is 7. The number of hydrazone groups is 1. The van der Waals surface area contributed by atoms with Crippen LogP contribution in [0.4, 0.5) is 0 Å². The largest absolute Gasteiger partial charge is 0.493 e. The zero-order valence-electron chi connectivity index (χ0n) is 21.7. The first-order valence-electron chi connectivity index (χ1n) is 13.1. The predicted molar refractivity (Wildman–Crippen MR) is 152 cm³/mol. The molecular formula is C29H32N4O4S. The van der Waals surface area contributed by atoms with Gasteiger partial charge in [-0.3, -0.25) is 10.2 Å². The smallest absolute Gasteiger partial charge is 0.283 e. The Morgan fingerprint density at radius 1 is 1.05 bits per heavy atom. The first-order valence-corrected chi connectivity index (χ1v) is 13.9. The van der Waals surface area contributed by atoms with Gasteiger partial charge in [0.25, 0.3) is 5.91 Å². The van der Waals surface area contributed by atoms with E-state index in [-0.39, 0.29) is 11.4 Å². The van der Waals surface area contributed by atoms with E-state index < -0.39 is 5.91 Å². The number of amides is 1. The van der Waals surface area contributed by atoms with Crippen LogP contribution in [0.3, 0.4) is 0 Å². The first kappa shape index (κ1) is 26.0. The summed E-state index contributed by atoms with van der Waals surface area (Å²) in [5, 5.41) is 15.5. The van der Waals surface area contributed by atoms with Crippen molar-refractivity contribution in [1.29, 1.82) is 5.41 Å². The topological polar surface area (TPSA) is 96.6 Å². The monoisotopic (exact) mass is 532 g/mol. The van der Waals surface area contributed by atoms with E-state index in [2.05, 4.69) is 22.2 Å². The Labute approximate surface area is 227 Å². The van der Waals surface area contributed by atoms with Crippen LogP contribution in [0.15, 0.2) is 58.1 Å². The van der Waals surface area contributed by atoms with Gasteiger partial charge in [-0.05, 0) is 78.4 Å². The standard InChI is InChI=1S/C29H32N4O4S/c1-3-26-32-33-27(30)23(28(34)31-29(33)38-26)17-19-9-14-24(25(18-19)35-2)37-16-15-36-22-12-10-21(11-13-22)20-7-5-4-6-8-20/h9-14,17-18,20,30H,3-8,15-16H2,1-2H3. The maximum Gasteiger partial charge on any atom is 0.283 e. The van der Waals surface area contributed by atoms with Crippen LogP contribution in [0.2, 0.25) is 0 Å². The van der Waals surface area contributed by atoms with E-state index in [0.29, 0.717) is 41.4 Å². The van der Waals surface area contributed by atoms with E-state index in [9.17, 15) is 4.79 Å². The van der Waals surface area contributed by atoms with E-state index in [1.54, 1.807) is 25.3 Å². The summed E-state index contributed by atoms with van der Waals surface area (Å²) in [4.78, 5) is 16.7. The zero-order chi connectivity index (χ0) is 26.5. The molecule has 1 aliphatic carbocycles. The third-order valence-corrected chi connectivity index (χ3v) is 7.92. The molecule has 0 bridgehead atoms. The van der Waals surface area contributed by atoms with E-state index >= 15 is 0 Å². The molecule has 3 aliphatic rings. The highest BCUT2D eigenvalue weighted by Gasteiger charge is 2.35. The van der Waals surface area contributed by atoms with Crippen molar-refractivity contribution in [1.82, 2.24) is 5.01 Å². The van der Waals surface area contributed by atoms with Gasteiger partial charge in [-0.2, -0.15) is 15.1 Å². The van der Waals surface area contributed by atoms with Crippen molar-refractivity contribution in [2.45, 2.75) is 51.4 Å². The van der Waals surface area contributed by atoms with Crippen molar-refractivity contribution in [2.24, 2.45) is 10.1 Å². The SMILES string of the molecule is CCC1=NN2C(=N)C(=Cc3ccc(OCCOc4ccc(C5CCCCC5)cc4)c(OC)c3)C(=O)N=C2S1. The fourth-order valence-electron chi connectivity index (χ4n) is 4.82. The van der Waals surface area contributed by atoms with Gasteiger partial charge in [-0.15, -0.1) is 0 Å². The van der Waals surface area contributed by atoms with Crippen molar-refractivity contribution in [3.05, 3.63) is 59.2 Å². The van der Waals surface area contributed by atoms with Crippen molar-refractivity contribution >= 4 is 39.8 Å². The quantitative estimate of drug-likeness (QED) is 0.304. The number of carbonyl (C=O) groups excluding carboxylic acids is 1. The number of ether oxygens (including phenoxy) is 3. The minimum absolute atomic E-state index is 0.0131. The fourth-order valence-corrected chi connectivity index (χ4v) is 5.64. The Kier molecular flexibility index (Phi) is 8.12. The molecule has 9 heteroatoms. The Hall–Kier alpha value is -3.59. The van der Waals surface area contributed by atoms with E-state index in [1.165, 1.54) is 54.4 Å². The van der Waals surface area contributed by atoms with Gasteiger partial charge in [0.2, 0.25) is 5.17 Å². The van der Waals surface area contributed by atoms with Crippen LogP contribution in [0, 0.1) is 5.41 Å². The molecule has 0 unspecified atom stereocenters.